The maximum absolute atomic E-state index is 4.03. The average Bonchev–Trinajstić information content (AvgIpc) is 2.82. The third kappa shape index (κ3) is 2.86. The molecule has 1 N–H and O–H groups in total. The van der Waals surface area contributed by atoms with E-state index in [1.54, 1.807) is 0 Å². The molecular weight excluding hydrogens is 198 g/mol. The Bertz CT molecular complexity index is 421. The highest BCUT2D eigenvalue weighted by molar-refractivity contribution is 5.44. The second kappa shape index (κ2) is 5.35. The molecule has 0 radical (unpaired) electrons. The number of rotatable bonds is 5. The Kier molecular flexibility index (Phi) is 3.59. The van der Waals surface area contributed by atoms with E-state index in [1.807, 2.05) is 25.8 Å². The molecule has 0 fully saturated rings. The number of hydrogen-bond acceptors (Lipinski definition) is 2. The van der Waals surface area contributed by atoms with Gasteiger partial charge in [0.2, 0.25) is 0 Å². The van der Waals surface area contributed by atoms with Crippen LogP contribution in [-0.4, -0.2) is 16.6 Å². The molecule has 0 saturated carbocycles. The average molecular weight is 215 g/mol. The second-order valence-electron chi connectivity index (χ2n) is 3.85. The van der Waals surface area contributed by atoms with Crippen molar-refractivity contribution in [2.75, 3.05) is 12.4 Å². The van der Waals surface area contributed by atoms with Gasteiger partial charge >= 0.3 is 0 Å². The molecule has 0 aliphatic carbocycles. The summed E-state index contributed by atoms with van der Waals surface area (Å²) in [5.74, 6) is 0. The van der Waals surface area contributed by atoms with Crippen molar-refractivity contribution in [1.29, 1.82) is 0 Å². The van der Waals surface area contributed by atoms with Gasteiger partial charge in [-0.05, 0) is 30.5 Å². The molecule has 3 heteroatoms. The van der Waals surface area contributed by atoms with Crippen LogP contribution in [0.15, 0.2) is 43.0 Å². The summed E-state index contributed by atoms with van der Waals surface area (Å²) in [6.45, 7) is 1.03. The lowest BCUT2D eigenvalue weighted by molar-refractivity contribution is 0.642. The maximum atomic E-state index is 4.03. The summed E-state index contributed by atoms with van der Waals surface area (Å²) in [5, 5.41) is 3.16. The van der Waals surface area contributed by atoms with E-state index in [2.05, 4.69) is 39.1 Å². The molecule has 0 aliphatic heterocycles. The van der Waals surface area contributed by atoms with E-state index >= 15 is 0 Å². The number of imidazole rings is 1. The van der Waals surface area contributed by atoms with E-state index in [0.29, 0.717) is 0 Å². The second-order valence-corrected chi connectivity index (χ2v) is 3.85. The zero-order valence-electron chi connectivity index (χ0n) is 9.56. The Balaban J connectivity index is 1.85. The minimum absolute atomic E-state index is 1.03. The lowest BCUT2D eigenvalue weighted by Gasteiger charge is -2.05. The topological polar surface area (TPSA) is 29.9 Å². The van der Waals surface area contributed by atoms with Gasteiger partial charge in [-0.1, -0.05) is 12.1 Å². The number of aromatic nitrogens is 2. The van der Waals surface area contributed by atoms with Crippen LogP contribution < -0.4 is 5.32 Å². The first-order valence-corrected chi connectivity index (χ1v) is 5.61. The molecule has 0 amide bonds. The van der Waals surface area contributed by atoms with Crippen molar-refractivity contribution in [3.63, 3.8) is 0 Å². The summed E-state index contributed by atoms with van der Waals surface area (Å²) in [6, 6.07) is 8.56. The lowest BCUT2D eigenvalue weighted by atomic mass is 10.1. The standard InChI is InChI=1S/C13H17N3/c1-14-13-6-2-4-12(10-13)5-3-8-16-9-7-15-11-16/h2,4,6-7,9-11,14H,3,5,8H2,1H3. The number of hydrogen-bond donors (Lipinski definition) is 1. The van der Waals surface area contributed by atoms with Crippen LogP contribution in [0.4, 0.5) is 5.69 Å². The number of aryl methyl sites for hydroxylation is 2. The monoisotopic (exact) mass is 215 g/mol. The summed E-state index contributed by atoms with van der Waals surface area (Å²) in [5.41, 5.74) is 2.56. The van der Waals surface area contributed by atoms with Crippen molar-refractivity contribution in [2.45, 2.75) is 19.4 Å². The lowest BCUT2D eigenvalue weighted by Crippen LogP contribution is -1.97. The first kappa shape index (κ1) is 10.7. The Hall–Kier alpha value is -1.77. The van der Waals surface area contributed by atoms with Crippen LogP contribution in [0, 0.1) is 0 Å². The van der Waals surface area contributed by atoms with Crippen molar-refractivity contribution < 1.29 is 0 Å². The van der Waals surface area contributed by atoms with E-state index in [9.17, 15) is 0 Å². The fourth-order valence-electron chi connectivity index (χ4n) is 1.77. The zero-order chi connectivity index (χ0) is 11.2. The fourth-order valence-corrected chi connectivity index (χ4v) is 1.77. The van der Waals surface area contributed by atoms with Crippen LogP contribution in [0.1, 0.15) is 12.0 Å². The molecule has 3 nitrogen and oxygen atoms in total. The molecule has 16 heavy (non-hydrogen) atoms. The van der Waals surface area contributed by atoms with Gasteiger partial charge in [-0.15, -0.1) is 0 Å². The molecule has 1 aromatic heterocycles. The van der Waals surface area contributed by atoms with Crippen LogP contribution in [0.2, 0.25) is 0 Å². The number of benzene rings is 1. The predicted octanol–water partition coefficient (Wildman–Crippen LogP) is 2.56. The van der Waals surface area contributed by atoms with Gasteiger partial charge < -0.3 is 9.88 Å². The van der Waals surface area contributed by atoms with Gasteiger partial charge in [0.05, 0.1) is 6.33 Å². The molecule has 0 atom stereocenters. The van der Waals surface area contributed by atoms with Crippen LogP contribution in [0.3, 0.4) is 0 Å². The molecule has 2 rings (SSSR count). The SMILES string of the molecule is CNc1cccc(CCCn2ccnc2)c1. The largest absolute Gasteiger partial charge is 0.388 e. The molecule has 1 aromatic carbocycles. The molecule has 0 saturated heterocycles. The van der Waals surface area contributed by atoms with Crippen molar-refractivity contribution >= 4 is 5.69 Å². The van der Waals surface area contributed by atoms with Crippen LogP contribution in [-0.2, 0) is 13.0 Å². The molecule has 84 valence electrons. The van der Waals surface area contributed by atoms with Crippen LogP contribution >= 0.6 is 0 Å². The van der Waals surface area contributed by atoms with Crippen LogP contribution in [0.5, 0.6) is 0 Å². The van der Waals surface area contributed by atoms with E-state index in [0.717, 1.165) is 19.4 Å². The number of nitrogens with zero attached hydrogens (tertiary/aromatic N) is 2. The van der Waals surface area contributed by atoms with Gasteiger partial charge in [0, 0.05) is 31.7 Å². The van der Waals surface area contributed by atoms with Gasteiger partial charge in [0.25, 0.3) is 0 Å². The number of nitrogens with one attached hydrogen (secondary N) is 1. The zero-order valence-corrected chi connectivity index (χ0v) is 9.56. The van der Waals surface area contributed by atoms with Gasteiger partial charge in [0.15, 0.2) is 0 Å². The van der Waals surface area contributed by atoms with Gasteiger partial charge in [-0.3, -0.25) is 0 Å². The molecule has 0 unspecified atom stereocenters. The molecular formula is C13H17N3. The van der Waals surface area contributed by atoms with Crippen molar-refractivity contribution in [1.82, 2.24) is 9.55 Å². The fraction of sp³-hybridized carbons (Fsp3) is 0.308. The summed E-state index contributed by atoms with van der Waals surface area (Å²) >= 11 is 0. The molecule has 0 spiro atoms. The highest BCUT2D eigenvalue weighted by Crippen LogP contribution is 2.11. The minimum Gasteiger partial charge on any atom is -0.388 e. The van der Waals surface area contributed by atoms with Crippen molar-refractivity contribution in [3.8, 4) is 0 Å². The predicted molar refractivity (Wildman–Crippen MR) is 66.5 cm³/mol. The Morgan fingerprint density at radius 3 is 3.06 bits per heavy atom. The normalized spacial score (nSPS) is 10.3. The summed E-state index contributed by atoms with van der Waals surface area (Å²) in [7, 11) is 1.95. The quantitative estimate of drug-likeness (QED) is 0.830. The first-order chi connectivity index (χ1) is 7.88. The number of anilines is 1. The maximum Gasteiger partial charge on any atom is 0.0945 e. The molecule has 0 aliphatic rings. The Labute approximate surface area is 96.1 Å². The van der Waals surface area contributed by atoms with Crippen molar-refractivity contribution in [3.05, 3.63) is 48.5 Å². The highest BCUT2D eigenvalue weighted by atomic mass is 15.0. The summed E-state index contributed by atoms with van der Waals surface area (Å²) in [4.78, 5) is 4.03. The van der Waals surface area contributed by atoms with Gasteiger partial charge in [-0.25, -0.2) is 4.98 Å². The highest BCUT2D eigenvalue weighted by Gasteiger charge is 1.95. The van der Waals surface area contributed by atoms with E-state index in [4.69, 9.17) is 0 Å². The minimum atomic E-state index is 1.03. The van der Waals surface area contributed by atoms with Gasteiger partial charge in [-0.2, -0.15) is 0 Å². The Morgan fingerprint density at radius 2 is 2.31 bits per heavy atom. The summed E-state index contributed by atoms with van der Waals surface area (Å²) in [6.07, 6.45) is 7.94. The third-order valence-corrected chi connectivity index (χ3v) is 2.66. The van der Waals surface area contributed by atoms with E-state index in [-0.39, 0.29) is 0 Å². The van der Waals surface area contributed by atoms with Crippen molar-refractivity contribution in [2.24, 2.45) is 0 Å². The molecule has 1 heterocycles. The van der Waals surface area contributed by atoms with E-state index in [1.165, 1.54) is 11.3 Å². The summed E-state index contributed by atoms with van der Waals surface area (Å²) < 4.78 is 2.11. The first-order valence-electron chi connectivity index (χ1n) is 5.61. The van der Waals surface area contributed by atoms with Gasteiger partial charge in [0.1, 0.15) is 0 Å². The third-order valence-electron chi connectivity index (χ3n) is 2.66. The van der Waals surface area contributed by atoms with Crippen LogP contribution in [0.25, 0.3) is 0 Å². The van der Waals surface area contributed by atoms with E-state index < -0.39 is 0 Å². The smallest absolute Gasteiger partial charge is 0.0945 e. The molecule has 2 aromatic rings. The molecule has 0 bridgehead atoms. The Morgan fingerprint density at radius 1 is 1.38 bits per heavy atom.